The molecule has 0 saturated heterocycles. The molecule has 3 aromatic carbocycles. The molecule has 1 aliphatic rings. The Hall–Kier alpha value is -6.76. The first-order valence-corrected chi connectivity index (χ1v) is 18.3. The van der Waals surface area contributed by atoms with Crippen LogP contribution in [0, 0.1) is 5.92 Å². The lowest BCUT2D eigenvalue weighted by Gasteiger charge is -2.15. The summed E-state index contributed by atoms with van der Waals surface area (Å²) in [5.41, 5.74) is -0.831. The second-order valence-electron chi connectivity index (χ2n) is 12.8. The van der Waals surface area contributed by atoms with Crippen LogP contribution in [0.25, 0.3) is 21.9 Å². The molecular weight excluding hydrogens is 841 g/mol. The molecule has 0 bridgehead atoms. The van der Waals surface area contributed by atoms with Crippen molar-refractivity contribution in [3.05, 3.63) is 127 Å². The number of alkyl halides is 2. The second kappa shape index (κ2) is 18.9. The van der Waals surface area contributed by atoms with Crippen molar-refractivity contribution in [1.82, 2.24) is 4.98 Å². The van der Waals surface area contributed by atoms with Gasteiger partial charge in [0.2, 0.25) is 11.5 Å². The smallest absolute Gasteiger partial charge is 0.387 e. The van der Waals surface area contributed by atoms with E-state index < -0.39 is 52.9 Å². The first-order chi connectivity index (χ1) is 28.7. The number of aromatic nitrogens is 1. The van der Waals surface area contributed by atoms with Crippen LogP contribution in [0.5, 0.6) is 23.0 Å². The summed E-state index contributed by atoms with van der Waals surface area (Å²) in [4.78, 5) is 63.1. The number of benzene rings is 3. The zero-order valence-corrected chi connectivity index (χ0v) is 32.1. The summed E-state index contributed by atoms with van der Waals surface area (Å²) in [6, 6.07) is 14.4. The number of pyridine rings is 1. The van der Waals surface area contributed by atoms with E-state index in [0.717, 1.165) is 25.0 Å². The van der Waals surface area contributed by atoms with E-state index in [4.69, 9.17) is 56.5 Å². The summed E-state index contributed by atoms with van der Waals surface area (Å²) >= 11 is 12.0. The predicted molar refractivity (Wildman–Crippen MR) is 209 cm³/mol. The van der Waals surface area contributed by atoms with E-state index in [1.807, 2.05) is 0 Å². The normalized spacial score (nSPS) is 12.2. The van der Waals surface area contributed by atoms with Gasteiger partial charge < -0.3 is 48.4 Å². The first kappa shape index (κ1) is 42.8. The molecule has 6 aromatic rings. The lowest BCUT2D eigenvalue weighted by atomic mass is 10.2. The number of aliphatic hydroxyl groups is 1. The Morgan fingerprint density at radius 1 is 0.767 bits per heavy atom. The minimum Gasteiger partial charge on any atom is -0.490 e. The number of amides is 1. The van der Waals surface area contributed by atoms with Gasteiger partial charge in [0.25, 0.3) is 5.91 Å². The summed E-state index contributed by atoms with van der Waals surface area (Å²) in [6.07, 6.45) is 3.55. The number of carboxylic acid groups (broad SMARTS) is 2. The van der Waals surface area contributed by atoms with E-state index in [0.29, 0.717) is 12.5 Å². The van der Waals surface area contributed by atoms with Crippen molar-refractivity contribution >= 4 is 68.7 Å². The maximum atomic E-state index is 12.6. The highest BCUT2D eigenvalue weighted by atomic mass is 35.5. The molecular formula is C40H30Cl2F2N2O14. The molecule has 312 valence electrons. The van der Waals surface area contributed by atoms with Crippen molar-refractivity contribution in [1.29, 1.82) is 0 Å². The summed E-state index contributed by atoms with van der Waals surface area (Å²) in [5, 5.41) is 31.3. The minimum absolute atomic E-state index is 0.0105. The largest absolute Gasteiger partial charge is 0.490 e. The molecule has 1 amide bonds. The number of carbonyl (C=O) groups excluding carboxylic acids is 1. The van der Waals surface area contributed by atoms with E-state index in [9.17, 15) is 37.9 Å². The average molecular weight is 872 g/mol. The lowest BCUT2D eigenvalue weighted by Crippen LogP contribution is -2.25. The van der Waals surface area contributed by atoms with Crippen LogP contribution in [-0.2, 0) is 0 Å². The number of fused-ring (bicyclic) bond motifs is 2. The van der Waals surface area contributed by atoms with Crippen molar-refractivity contribution in [2.24, 2.45) is 5.92 Å². The molecule has 1 fully saturated rings. The molecule has 16 nitrogen and oxygen atoms in total. The van der Waals surface area contributed by atoms with Gasteiger partial charge in [0, 0.05) is 30.1 Å². The second-order valence-corrected chi connectivity index (χ2v) is 13.6. The monoisotopic (exact) mass is 870 g/mol. The average Bonchev–Trinajstić information content (AvgIpc) is 4.04. The predicted octanol–water partition coefficient (Wildman–Crippen LogP) is 7.15. The number of carboxylic acids is 2. The SMILES string of the molecule is O=C(Nc1c(Cl)cncc1Cl)c1ccc(OC(F)F)c(OCC2CC2)c1.O=C(O)c1cc(=O)c2c(OCC(O)COc3cccc4oc(C(=O)O)cc(=O)c34)cccc2o1. The van der Waals surface area contributed by atoms with E-state index in [2.05, 4.69) is 15.0 Å². The van der Waals surface area contributed by atoms with Crippen molar-refractivity contribution < 1.29 is 66.3 Å². The van der Waals surface area contributed by atoms with Gasteiger partial charge in [-0.15, -0.1) is 0 Å². The van der Waals surface area contributed by atoms with Gasteiger partial charge in [0.15, 0.2) is 22.4 Å². The van der Waals surface area contributed by atoms with Crippen LogP contribution in [0.1, 0.15) is 44.3 Å². The fourth-order valence-corrected chi connectivity index (χ4v) is 5.85. The summed E-state index contributed by atoms with van der Waals surface area (Å²) in [6.45, 7) is -3.22. The standard InChI is InChI=1S/C23H16O11.C17H14Cl2F2N2O3/c24-11(9-31-14-3-1-5-16-20(14)12(25)7-18(33-16)22(27)28)10-32-15-4-2-6-17-21(15)13(26)8-19(34-17)23(29)30;18-11-6-22-7-12(19)15(11)23-16(24)10-3-4-13(26-17(20)21)14(5-10)25-8-9-1-2-9/h1-8,11,24H,9-10H2,(H,27,28)(H,29,30);3-7,9,17H,1-2,8H2,(H,22,23,24). The Morgan fingerprint density at radius 2 is 1.30 bits per heavy atom. The molecule has 0 spiro atoms. The zero-order valence-electron chi connectivity index (χ0n) is 30.6. The molecule has 0 atom stereocenters. The Morgan fingerprint density at radius 3 is 1.78 bits per heavy atom. The zero-order chi connectivity index (χ0) is 43.1. The van der Waals surface area contributed by atoms with E-state index >= 15 is 0 Å². The maximum Gasteiger partial charge on any atom is 0.387 e. The fourth-order valence-electron chi connectivity index (χ4n) is 5.39. The molecule has 60 heavy (non-hydrogen) atoms. The maximum absolute atomic E-state index is 12.6. The molecule has 0 aliphatic heterocycles. The van der Waals surface area contributed by atoms with Crippen molar-refractivity contribution in [2.75, 3.05) is 25.1 Å². The number of carbonyl (C=O) groups is 3. The highest BCUT2D eigenvalue weighted by molar-refractivity contribution is 6.39. The van der Waals surface area contributed by atoms with Gasteiger partial charge in [-0.25, -0.2) is 9.59 Å². The van der Waals surface area contributed by atoms with Crippen molar-refractivity contribution in [3.63, 3.8) is 0 Å². The van der Waals surface area contributed by atoms with Crippen molar-refractivity contribution in [3.8, 4) is 23.0 Å². The lowest BCUT2D eigenvalue weighted by molar-refractivity contribution is -0.0515. The number of anilines is 1. The molecule has 4 N–H and O–H groups in total. The van der Waals surface area contributed by atoms with E-state index in [1.54, 1.807) is 0 Å². The molecule has 0 radical (unpaired) electrons. The van der Waals surface area contributed by atoms with Crippen molar-refractivity contribution in [2.45, 2.75) is 25.6 Å². The molecule has 3 heterocycles. The minimum atomic E-state index is -2.99. The Labute approximate surface area is 345 Å². The Balaban J connectivity index is 0.000000209. The van der Waals surface area contributed by atoms with Gasteiger partial charge in [-0.05, 0) is 61.2 Å². The third kappa shape index (κ3) is 10.6. The number of aromatic carboxylic acids is 2. The number of hydrogen-bond acceptors (Lipinski definition) is 13. The van der Waals surface area contributed by atoms with Crippen LogP contribution in [0.2, 0.25) is 10.0 Å². The van der Waals surface area contributed by atoms with Crippen LogP contribution in [0.15, 0.2) is 97.5 Å². The van der Waals surface area contributed by atoms with Crippen LogP contribution in [0.3, 0.4) is 0 Å². The van der Waals surface area contributed by atoms with Gasteiger partial charge >= 0.3 is 18.6 Å². The number of aliphatic hydroxyl groups excluding tert-OH is 1. The third-order valence-corrected chi connectivity index (χ3v) is 8.98. The van der Waals surface area contributed by atoms with Gasteiger partial charge in [-0.1, -0.05) is 35.3 Å². The van der Waals surface area contributed by atoms with Crippen LogP contribution < -0.4 is 35.1 Å². The van der Waals surface area contributed by atoms with E-state index in [1.165, 1.54) is 67.0 Å². The summed E-state index contributed by atoms with van der Waals surface area (Å²) in [5.74, 6) is -3.83. The van der Waals surface area contributed by atoms with Crippen LogP contribution >= 0.6 is 23.2 Å². The van der Waals surface area contributed by atoms with Gasteiger partial charge in [-0.3, -0.25) is 19.4 Å². The molecule has 0 unspecified atom stereocenters. The Bertz CT molecular complexity index is 2570. The number of rotatable bonds is 15. The highest BCUT2D eigenvalue weighted by Gasteiger charge is 2.24. The number of ether oxygens (including phenoxy) is 4. The number of halogens is 4. The fraction of sp³-hybridized carbons (Fsp3) is 0.200. The Kier molecular flexibility index (Phi) is 13.5. The number of nitrogens with one attached hydrogen (secondary N) is 1. The van der Waals surface area contributed by atoms with Gasteiger partial charge in [-0.2, -0.15) is 8.78 Å². The molecule has 7 rings (SSSR count). The number of hydrogen-bond donors (Lipinski definition) is 4. The van der Waals surface area contributed by atoms with Crippen LogP contribution in [0.4, 0.5) is 14.5 Å². The number of nitrogens with zero attached hydrogens (tertiary/aromatic N) is 1. The van der Waals surface area contributed by atoms with E-state index in [-0.39, 0.29) is 79.4 Å². The molecule has 1 saturated carbocycles. The third-order valence-electron chi connectivity index (χ3n) is 8.40. The quantitative estimate of drug-likeness (QED) is 0.0802. The topological polar surface area (TPSA) is 234 Å². The molecule has 3 aromatic heterocycles. The summed E-state index contributed by atoms with van der Waals surface area (Å²) in [7, 11) is 0. The highest BCUT2D eigenvalue weighted by Crippen LogP contribution is 2.35. The molecule has 1 aliphatic carbocycles. The summed E-state index contributed by atoms with van der Waals surface area (Å²) < 4.78 is 56.5. The van der Waals surface area contributed by atoms with Gasteiger partial charge in [0.05, 0.1) is 22.3 Å². The molecule has 20 heteroatoms. The first-order valence-electron chi connectivity index (χ1n) is 17.5. The van der Waals surface area contributed by atoms with Crippen LogP contribution in [-0.4, -0.2) is 70.7 Å². The van der Waals surface area contributed by atoms with Gasteiger partial charge in [0.1, 0.15) is 52.8 Å².